The number of hydrogen-bond donors (Lipinski definition) is 0. The highest BCUT2D eigenvalue weighted by Gasteiger charge is 2.21. The Hall–Kier alpha value is -5.26. The average molecular weight is 561 g/mol. The van der Waals surface area contributed by atoms with Gasteiger partial charge >= 0.3 is 0 Å². The Labute approximate surface area is 243 Å². The summed E-state index contributed by atoms with van der Waals surface area (Å²) in [5, 5.41) is 4.07. The Balaban J connectivity index is 1.32. The highest BCUT2D eigenvalue weighted by molar-refractivity contribution is 7.25. The minimum absolute atomic E-state index is 0.256. The fourth-order valence-corrected chi connectivity index (χ4v) is 7.24. The van der Waals surface area contributed by atoms with Gasteiger partial charge in [-0.15, -0.1) is 11.3 Å². The summed E-state index contributed by atoms with van der Waals surface area (Å²) in [7, 11) is 0. The molecule has 9 aromatic rings. The number of aromatic nitrogens is 2. The van der Waals surface area contributed by atoms with Crippen molar-refractivity contribution in [1.82, 2.24) is 9.55 Å². The van der Waals surface area contributed by atoms with Crippen molar-refractivity contribution in [2.75, 3.05) is 0 Å². The molecule has 42 heavy (non-hydrogen) atoms. The van der Waals surface area contributed by atoms with Crippen LogP contribution in [-0.2, 0) is 0 Å². The fourth-order valence-electron chi connectivity index (χ4n) is 6.15. The third-order valence-corrected chi connectivity index (χ3v) is 9.23. The largest absolute Gasteiger partial charge is 0.452 e. The molecular formula is C37H21FN2OS. The molecule has 0 radical (unpaired) electrons. The summed E-state index contributed by atoms with van der Waals surface area (Å²) in [5.41, 5.74) is 6.36. The topological polar surface area (TPSA) is 31.0 Å². The number of rotatable bonds is 3. The van der Waals surface area contributed by atoms with Gasteiger partial charge in [0.1, 0.15) is 11.4 Å². The van der Waals surface area contributed by atoms with Gasteiger partial charge in [0, 0.05) is 36.6 Å². The molecular weight excluding hydrogens is 539 g/mol. The first-order valence-corrected chi connectivity index (χ1v) is 14.6. The highest BCUT2D eigenvalue weighted by Crippen LogP contribution is 2.41. The van der Waals surface area contributed by atoms with E-state index in [9.17, 15) is 0 Å². The second kappa shape index (κ2) is 8.87. The van der Waals surface area contributed by atoms with Crippen molar-refractivity contribution in [2.45, 2.75) is 0 Å². The number of thiophene rings is 1. The van der Waals surface area contributed by atoms with E-state index in [0.717, 1.165) is 50.0 Å². The number of furan rings is 1. The summed E-state index contributed by atoms with van der Waals surface area (Å²) in [6.07, 6.45) is 0. The summed E-state index contributed by atoms with van der Waals surface area (Å²) >= 11 is 1.80. The van der Waals surface area contributed by atoms with E-state index in [0.29, 0.717) is 5.58 Å². The number of imidazole rings is 1. The molecule has 3 nitrogen and oxygen atoms in total. The number of hydrogen-bond acceptors (Lipinski definition) is 3. The van der Waals surface area contributed by atoms with Gasteiger partial charge in [-0.25, -0.2) is 9.37 Å². The van der Waals surface area contributed by atoms with E-state index < -0.39 is 0 Å². The van der Waals surface area contributed by atoms with Gasteiger partial charge in [-0.2, -0.15) is 0 Å². The second-order valence-electron chi connectivity index (χ2n) is 10.5. The SMILES string of the molecule is Fc1cc(-c2ccccc2)cc2c1oc1c(-c3nc4ccccc4n3-c3ccc4sc5ccccc5c4c3)cccc12. The first-order valence-electron chi connectivity index (χ1n) is 13.8. The Bertz CT molecular complexity index is 2490. The molecule has 3 aromatic heterocycles. The molecule has 6 aromatic carbocycles. The van der Waals surface area contributed by atoms with Crippen LogP contribution in [0.3, 0.4) is 0 Å². The zero-order chi connectivity index (χ0) is 27.8. The molecule has 0 saturated carbocycles. The zero-order valence-corrected chi connectivity index (χ0v) is 23.0. The van der Waals surface area contributed by atoms with Crippen LogP contribution >= 0.6 is 11.3 Å². The lowest BCUT2D eigenvalue weighted by atomic mass is 10.0. The first-order chi connectivity index (χ1) is 20.7. The molecule has 0 bridgehead atoms. The van der Waals surface area contributed by atoms with Crippen LogP contribution in [0.4, 0.5) is 4.39 Å². The molecule has 5 heteroatoms. The molecule has 9 rings (SSSR count). The molecule has 0 spiro atoms. The van der Waals surface area contributed by atoms with Gasteiger partial charge in [0.05, 0.1) is 16.6 Å². The lowest BCUT2D eigenvalue weighted by Gasteiger charge is -2.10. The molecule has 198 valence electrons. The summed E-state index contributed by atoms with van der Waals surface area (Å²) in [6, 6.07) is 42.7. The van der Waals surface area contributed by atoms with Crippen LogP contribution < -0.4 is 0 Å². The molecule has 0 saturated heterocycles. The molecule has 0 fully saturated rings. The van der Waals surface area contributed by atoms with Crippen molar-refractivity contribution in [3.63, 3.8) is 0 Å². The number of fused-ring (bicyclic) bond motifs is 7. The monoisotopic (exact) mass is 560 g/mol. The van der Waals surface area contributed by atoms with Gasteiger partial charge < -0.3 is 4.42 Å². The standard InChI is InChI=1S/C37H21FN2OS/c38-30-20-23(22-9-2-1-3-10-22)19-29-26-12-8-13-27(35(26)41-36(29)30)37-39-31-14-5-6-15-32(31)40(37)24-17-18-34-28(21-24)25-11-4-7-16-33(25)42-34/h1-21H. The van der Waals surface area contributed by atoms with Crippen molar-refractivity contribution in [2.24, 2.45) is 0 Å². The van der Waals surface area contributed by atoms with Crippen molar-refractivity contribution in [1.29, 1.82) is 0 Å². The maximum absolute atomic E-state index is 15.5. The van der Waals surface area contributed by atoms with Gasteiger partial charge in [0.2, 0.25) is 0 Å². The van der Waals surface area contributed by atoms with Crippen LogP contribution in [0, 0.1) is 5.82 Å². The zero-order valence-electron chi connectivity index (χ0n) is 22.2. The van der Waals surface area contributed by atoms with Gasteiger partial charge in [-0.05, 0) is 65.7 Å². The Morgan fingerprint density at radius 3 is 2.31 bits per heavy atom. The van der Waals surface area contributed by atoms with Crippen molar-refractivity contribution >= 4 is 64.5 Å². The quantitative estimate of drug-likeness (QED) is 0.215. The van der Waals surface area contributed by atoms with E-state index in [2.05, 4.69) is 53.1 Å². The number of benzene rings is 6. The molecule has 0 aliphatic rings. The number of nitrogens with zero attached hydrogens (tertiary/aromatic N) is 2. The van der Waals surface area contributed by atoms with Crippen molar-refractivity contribution in [3.05, 3.63) is 133 Å². The summed E-state index contributed by atoms with van der Waals surface area (Å²) in [4.78, 5) is 5.11. The van der Waals surface area contributed by atoms with Gasteiger partial charge in [0.15, 0.2) is 11.4 Å². The van der Waals surface area contributed by atoms with Crippen LogP contribution in [0.1, 0.15) is 0 Å². The van der Waals surface area contributed by atoms with Crippen LogP contribution in [-0.4, -0.2) is 9.55 Å². The Morgan fingerprint density at radius 2 is 1.38 bits per heavy atom. The number of halogens is 1. The minimum atomic E-state index is -0.378. The van der Waals surface area contributed by atoms with Crippen molar-refractivity contribution < 1.29 is 8.81 Å². The summed E-state index contributed by atoms with van der Waals surface area (Å²) in [5.74, 6) is 0.375. The summed E-state index contributed by atoms with van der Waals surface area (Å²) < 4.78 is 26.6. The van der Waals surface area contributed by atoms with E-state index in [4.69, 9.17) is 9.40 Å². The molecule has 3 heterocycles. The summed E-state index contributed by atoms with van der Waals surface area (Å²) in [6.45, 7) is 0. The maximum Gasteiger partial charge on any atom is 0.171 e. The lowest BCUT2D eigenvalue weighted by molar-refractivity contribution is 0.585. The third kappa shape index (κ3) is 3.41. The first kappa shape index (κ1) is 23.4. The van der Waals surface area contributed by atoms with E-state index >= 15 is 4.39 Å². The van der Waals surface area contributed by atoms with Crippen LogP contribution in [0.15, 0.2) is 132 Å². The maximum atomic E-state index is 15.5. The predicted molar refractivity (Wildman–Crippen MR) is 172 cm³/mol. The Kier molecular flexibility index (Phi) is 4.95. The average Bonchev–Trinajstić information content (AvgIpc) is 3.73. The van der Waals surface area contributed by atoms with E-state index in [1.54, 1.807) is 17.4 Å². The molecule has 0 atom stereocenters. The van der Waals surface area contributed by atoms with Gasteiger partial charge in [-0.1, -0.05) is 72.8 Å². The van der Waals surface area contributed by atoms with E-state index in [1.807, 2.05) is 72.8 Å². The molecule has 0 N–H and O–H groups in total. The van der Waals surface area contributed by atoms with Crippen molar-refractivity contribution in [3.8, 4) is 28.2 Å². The molecule has 0 aliphatic carbocycles. The Morgan fingerprint density at radius 1 is 0.595 bits per heavy atom. The highest BCUT2D eigenvalue weighted by atomic mass is 32.1. The molecule has 0 amide bonds. The third-order valence-electron chi connectivity index (χ3n) is 8.08. The fraction of sp³-hybridized carbons (Fsp3) is 0. The lowest BCUT2D eigenvalue weighted by Crippen LogP contribution is -1.97. The normalized spacial score (nSPS) is 11.9. The molecule has 0 aliphatic heterocycles. The van der Waals surface area contributed by atoms with Crippen LogP contribution in [0.25, 0.3) is 81.3 Å². The van der Waals surface area contributed by atoms with Crippen LogP contribution in [0.2, 0.25) is 0 Å². The predicted octanol–water partition coefficient (Wildman–Crippen LogP) is 10.8. The van der Waals surface area contributed by atoms with Gasteiger partial charge in [0.25, 0.3) is 0 Å². The minimum Gasteiger partial charge on any atom is -0.452 e. The van der Waals surface area contributed by atoms with Crippen LogP contribution in [0.5, 0.6) is 0 Å². The number of para-hydroxylation sites is 3. The van der Waals surface area contributed by atoms with E-state index in [-0.39, 0.29) is 11.4 Å². The second-order valence-corrected chi connectivity index (χ2v) is 11.6. The smallest absolute Gasteiger partial charge is 0.171 e. The molecule has 0 unspecified atom stereocenters. The van der Waals surface area contributed by atoms with E-state index in [1.165, 1.54) is 20.2 Å². The van der Waals surface area contributed by atoms with Gasteiger partial charge in [-0.3, -0.25) is 4.57 Å².